The van der Waals surface area contributed by atoms with Gasteiger partial charge in [0.25, 0.3) is 0 Å². The maximum atomic E-state index is 12.2. The Morgan fingerprint density at radius 3 is 2.57 bits per heavy atom. The van der Waals surface area contributed by atoms with Crippen LogP contribution in [-0.2, 0) is 6.54 Å². The van der Waals surface area contributed by atoms with Gasteiger partial charge in [-0.1, -0.05) is 57.9 Å². The number of carbonyl (C=O) groups is 1. The maximum absolute atomic E-state index is 12.2. The van der Waals surface area contributed by atoms with E-state index in [0.29, 0.717) is 23.6 Å². The zero-order chi connectivity index (χ0) is 15.2. The summed E-state index contributed by atoms with van der Waals surface area (Å²) in [6.07, 6.45) is 0.463. The molecular weight excluding hydrogens is 350 g/mol. The molecule has 0 aromatic heterocycles. The molecule has 0 atom stereocenters. The van der Waals surface area contributed by atoms with Gasteiger partial charge in [-0.3, -0.25) is 4.79 Å². The minimum atomic E-state index is 0.0763. The van der Waals surface area contributed by atoms with E-state index < -0.39 is 0 Å². The molecule has 110 valence electrons. The molecule has 0 N–H and O–H groups in total. The summed E-state index contributed by atoms with van der Waals surface area (Å²) in [4.78, 5) is 14.3. The quantitative estimate of drug-likeness (QED) is 0.684. The number of nitrogens with zero attached hydrogens (tertiary/aromatic N) is 1. The fourth-order valence-electron chi connectivity index (χ4n) is 2.12. The third-order valence-electron chi connectivity index (χ3n) is 3.25. The molecule has 21 heavy (non-hydrogen) atoms. The summed E-state index contributed by atoms with van der Waals surface area (Å²) in [5.41, 5.74) is 1.84. The zero-order valence-electron chi connectivity index (χ0n) is 11.9. The van der Waals surface area contributed by atoms with Gasteiger partial charge in [0.15, 0.2) is 5.78 Å². The van der Waals surface area contributed by atoms with E-state index in [-0.39, 0.29) is 5.78 Å². The van der Waals surface area contributed by atoms with Gasteiger partial charge < -0.3 is 4.90 Å². The summed E-state index contributed by atoms with van der Waals surface area (Å²) >= 11 is 9.45. The van der Waals surface area contributed by atoms with E-state index in [9.17, 15) is 4.79 Å². The normalized spacial score (nSPS) is 10.9. The van der Waals surface area contributed by atoms with Crippen LogP contribution >= 0.6 is 27.5 Å². The molecule has 0 saturated heterocycles. The molecule has 0 aliphatic carbocycles. The molecule has 0 amide bonds. The van der Waals surface area contributed by atoms with E-state index in [1.807, 2.05) is 31.3 Å². The van der Waals surface area contributed by atoms with Gasteiger partial charge >= 0.3 is 0 Å². The smallest absolute Gasteiger partial charge is 0.165 e. The lowest BCUT2D eigenvalue weighted by Gasteiger charge is -2.16. The summed E-state index contributed by atoms with van der Waals surface area (Å²) in [6.45, 7) is 1.54. The van der Waals surface area contributed by atoms with Crippen molar-refractivity contribution in [2.75, 3.05) is 13.6 Å². The second kappa shape index (κ2) is 7.74. The lowest BCUT2D eigenvalue weighted by molar-refractivity contribution is 0.0968. The van der Waals surface area contributed by atoms with Crippen LogP contribution in [-0.4, -0.2) is 24.3 Å². The number of ketones is 1. The van der Waals surface area contributed by atoms with Crippen molar-refractivity contribution in [2.45, 2.75) is 13.0 Å². The van der Waals surface area contributed by atoms with Crippen LogP contribution in [0.5, 0.6) is 0 Å². The van der Waals surface area contributed by atoms with Gasteiger partial charge in [-0.25, -0.2) is 0 Å². The zero-order valence-corrected chi connectivity index (χ0v) is 14.2. The topological polar surface area (TPSA) is 20.3 Å². The Bertz CT molecular complexity index is 615. The molecule has 0 heterocycles. The highest BCUT2D eigenvalue weighted by molar-refractivity contribution is 9.10. The molecule has 0 aliphatic heterocycles. The van der Waals surface area contributed by atoms with Gasteiger partial charge in [0.2, 0.25) is 0 Å². The Labute approximate surface area is 138 Å². The molecule has 2 aromatic rings. The van der Waals surface area contributed by atoms with Crippen LogP contribution in [0.25, 0.3) is 0 Å². The third-order valence-corrected chi connectivity index (χ3v) is 4.05. The average Bonchev–Trinajstić information content (AvgIpc) is 2.46. The van der Waals surface area contributed by atoms with Crippen LogP contribution in [0.15, 0.2) is 53.0 Å². The molecule has 0 spiro atoms. The van der Waals surface area contributed by atoms with E-state index in [2.05, 4.69) is 33.0 Å². The first-order chi connectivity index (χ1) is 10.1. The second-order valence-electron chi connectivity index (χ2n) is 5.02. The molecule has 2 nitrogen and oxygen atoms in total. The summed E-state index contributed by atoms with van der Waals surface area (Å²) < 4.78 is 0.880. The first-order valence-corrected chi connectivity index (χ1v) is 7.94. The molecular formula is C17H17BrClNO. The maximum Gasteiger partial charge on any atom is 0.165 e. The van der Waals surface area contributed by atoms with Crippen molar-refractivity contribution in [3.63, 3.8) is 0 Å². The van der Waals surface area contributed by atoms with Gasteiger partial charge in [-0.15, -0.1) is 0 Å². The lowest BCUT2D eigenvalue weighted by Crippen LogP contribution is -2.21. The first kappa shape index (κ1) is 16.2. The van der Waals surface area contributed by atoms with Crippen molar-refractivity contribution in [1.29, 1.82) is 0 Å². The van der Waals surface area contributed by atoms with Crippen LogP contribution in [0.2, 0.25) is 5.02 Å². The first-order valence-electron chi connectivity index (χ1n) is 6.77. The van der Waals surface area contributed by atoms with Crippen molar-refractivity contribution < 1.29 is 4.79 Å². The van der Waals surface area contributed by atoms with Crippen molar-refractivity contribution >= 4 is 33.3 Å². The van der Waals surface area contributed by atoms with Crippen molar-refractivity contribution in [3.8, 4) is 0 Å². The SMILES string of the molecule is CN(CCC(=O)c1ccc(Br)cc1Cl)Cc1ccccc1. The number of hydrogen-bond acceptors (Lipinski definition) is 2. The van der Waals surface area contributed by atoms with Gasteiger partial charge in [0.1, 0.15) is 0 Å². The Morgan fingerprint density at radius 2 is 1.90 bits per heavy atom. The van der Waals surface area contributed by atoms with Gasteiger partial charge in [0, 0.05) is 29.5 Å². The van der Waals surface area contributed by atoms with E-state index in [4.69, 9.17) is 11.6 Å². The fourth-order valence-corrected chi connectivity index (χ4v) is 2.90. The predicted molar refractivity (Wildman–Crippen MR) is 90.9 cm³/mol. The second-order valence-corrected chi connectivity index (χ2v) is 6.34. The number of hydrogen-bond donors (Lipinski definition) is 0. The molecule has 0 radical (unpaired) electrons. The van der Waals surface area contributed by atoms with Crippen LogP contribution in [0, 0.1) is 0 Å². The van der Waals surface area contributed by atoms with Gasteiger partial charge in [-0.05, 0) is 30.8 Å². The Hall–Kier alpha value is -1.16. The summed E-state index contributed by atoms with van der Waals surface area (Å²) in [7, 11) is 2.02. The molecule has 4 heteroatoms. The van der Waals surface area contributed by atoms with Gasteiger partial charge in [0.05, 0.1) is 5.02 Å². The molecule has 0 aliphatic rings. The lowest BCUT2D eigenvalue weighted by atomic mass is 10.1. The van der Waals surface area contributed by atoms with Crippen LogP contribution in [0.1, 0.15) is 22.3 Å². The molecule has 0 bridgehead atoms. The standard InChI is InChI=1S/C17H17BrClNO/c1-20(12-13-5-3-2-4-6-13)10-9-17(21)15-8-7-14(18)11-16(15)19/h2-8,11H,9-10,12H2,1H3. The predicted octanol–water partition coefficient (Wildman–Crippen LogP) is 4.81. The summed E-state index contributed by atoms with van der Waals surface area (Å²) in [6, 6.07) is 15.6. The average molecular weight is 367 g/mol. The number of rotatable bonds is 6. The minimum Gasteiger partial charge on any atom is -0.302 e. The number of Topliss-reactive ketones (excluding diaryl/α,β-unsaturated/α-hetero) is 1. The van der Waals surface area contributed by atoms with E-state index >= 15 is 0 Å². The highest BCUT2D eigenvalue weighted by atomic mass is 79.9. The van der Waals surface area contributed by atoms with Crippen LogP contribution in [0.3, 0.4) is 0 Å². The van der Waals surface area contributed by atoms with E-state index in [1.54, 1.807) is 12.1 Å². The number of carbonyl (C=O) groups excluding carboxylic acids is 1. The largest absolute Gasteiger partial charge is 0.302 e. The molecule has 2 rings (SSSR count). The fraction of sp³-hybridized carbons (Fsp3) is 0.235. The number of benzene rings is 2. The van der Waals surface area contributed by atoms with Crippen LogP contribution < -0.4 is 0 Å². The van der Waals surface area contributed by atoms with Crippen molar-refractivity contribution in [1.82, 2.24) is 4.90 Å². The Morgan fingerprint density at radius 1 is 1.19 bits per heavy atom. The number of halogens is 2. The Balaban J connectivity index is 1.89. The Kier molecular flexibility index (Phi) is 5.97. The highest BCUT2D eigenvalue weighted by Crippen LogP contribution is 2.22. The summed E-state index contributed by atoms with van der Waals surface area (Å²) in [5.74, 6) is 0.0763. The molecule has 2 aromatic carbocycles. The van der Waals surface area contributed by atoms with E-state index in [1.165, 1.54) is 5.56 Å². The van der Waals surface area contributed by atoms with E-state index in [0.717, 1.165) is 11.0 Å². The van der Waals surface area contributed by atoms with Crippen LogP contribution in [0.4, 0.5) is 0 Å². The molecule has 0 unspecified atom stereocenters. The minimum absolute atomic E-state index is 0.0763. The molecule has 0 saturated carbocycles. The monoisotopic (exact) mass is 365 g/mol. The summed E-state index contributed by atoms with van der Waals surface area (Å²) in [5, 5.41) is 0.500. The van der Waals surface area contributed by atoms with Gasteiger partial charge in [-0.2, -0.15) is 0 Å². The van der Waals surface area contributed by atoms with Crippen molar-refractivity contribution in [2.24, 2.45) is 0 Å². The highest BCUT2D eigenvalue weighted by Gasteiger charge is 2.11. The molecule has 0 fully saturated rings. The van der Waals surface area contributed by atoms with Crippen molar-refractivity contribution in [3.05, 3.63) is 69.2 Å². The third kappa shape index (κ3) is 4.95.